The Bertz CT molecular complexity index is 659. The normalized spacial score (nSPS) is 11.2. The van der Waals surface area contributed by atoms with Gasteiger partial charge in [-0.15, -0.1) is 0 Å². The minimum atomic E-state index is -0.180. The van der Waals surface area contributed by atoms with E-state index in [-0.39, 0.29) is 5.91 Å². The monoisotopic (exact) mass is 273 g/mol. The minimum Gasteiger partial charge on any atom is -0.319 e. The maximum atomic E-state index is 12.0. The van der Waals surface area contributed by atoms with Crippen molar-refractivity contribution in [3.05, 3.63) is 34.4 Å². The highest BCUT2D eigenvalue weighted by molar-refractivity contribution is 6.02. The van der Waals surface area contributed by atoms with Crippen LogP contribution in [0.15, 0.2) is 6.08 Å². The first-order valence-electron chi connectivity index (χ1n) is 6.41. The Balaban J connectivity index is 2.14. The molecule has 2 rings (SSSR count). The molecule has 20 heavy (non-hydrogen) atoms. The molecule has 6 nitrogen and oxygen atoms in total. The summed E-state index contributed by atoms with van der Waals surface area (Å²) in [6, 6.07) is 0. The lowest BCUT2D eigenvalue weighted by Gasteiger charge is -2.01. The standard InChI is InChI=1S/C14H19N5O/c1-8-12(11(4)19(5)18-8)6-7-13(20)15-14-9(2)16-17-10(14)3/h6-7H,1-5H3,(H,15,20)(H,16,17)/b7-6+. The number of hydrogen-bond donors (Lipinski definition) is 2. The second-order valence-electron chi connectivity index (χ2n) is 4.84. The Morgan fingerprint density at radius 1 is 1.25 bits per heavy atom. The lowest BCUT2D eigenvalue weighted by atomic mass is 10.2. The second kappa shape index (κ2) is 5.32. The molecule has 2 aromatic rings. The van der Waals surface area contributed by atoms with Crippen LogP contribution in [0.25, 0.3) is 6.08 Å². The first-order chi connectivity index (χ1) is 9.40. The van der Waals surface area contributed by atoms with Gasteiger partial charge in [0.15, 0.2) is 0 Å². The van der Waals surface area contributed by atoms with Crippen LogP contribution in [0, 0.1) is 27.7 Å². The van der Waals surface area contributed by atoms with Crippen molar-refractivity contribution < 1.29 is 4.79 Å². The highest BCUT2D eigenvalue weighted by Crippen LogP contribution is 2.17. The zero-order valence-corrected chi connectivity index (χ0v) is 12.4. The van der Waals surface area contributed by atoms with Gasteiger partial charge < -0.3 is 5.32 Å². The third kappa shape index (κ3) is 2.64. The Labute approximate surface area is 117 Å². The SMILES string of the molecule is Cc1nn(C)c(C)c1/C=C/C(=O)Nc1c(C)n[nH]c1C. The van der Waals surface area contributed by atoms with Crippen LogP contribution in [0.3, 0.4) is 0 Å². The molecule has 1 amide bonds. The number of nitrogens with one attached hydrogen (secondary N) is 2. The highest BCUT2D eigenvalue weighted by atomic mass is 16.1. The zero-order valence-electron chi connectivity index (χ0n) is 12.4. The quantitative estimate of drug-likeness (QED) is 0.840. The fourth-order valence-electron chi connectivity index (χ4n) is 2.09. The first kappa shape index (κ1) is 14.0. The second-order valence-corrected chi connectivity index (χ2v) is 4.84. The fourth-order valence-corrected chi connectivity index (χ4v) is 2.09. The van der Waals surface area contributed by atoms with Crippen LogP contribution in [0.5, 0.6) is 0 Å². The number of carbonyl (C=O) groups excluding carboxylic acids is 1. The molecule has 0 spiro atoms. The highest BCUT2D eigenvalue weighted by Gasteiger charge is 2.09. The molecule has 0 saturated heterocycles. The van der Waals surface area contributed by atoms with E-state index < -0.39 is 0 Å². The maximum Gasteiger partial charge on any atom is 0.248 e. The van der Waals surface area contributed by atoms with Gasteiger partial charge in [-0.25, -0.2) is 0 Å². The van der Waals surface area contributed by atoms with Gasteiger partial charge in [0.1, 0.15) is 0 Å². The molecular formula is C14H19N5O. The molecule has 0 aliphatic rings. The topological polar surface area (TPSA) is 75.6 Å². The average Bonchev–Trinajstić information content (AvgIpc) is 2.82. The summed E-state index contributed by atoms with van der Waals surface area (Å²) in [5.74, 6) is -0.180. The zero-order chi connectivity index (χ0) is 14.9. The van der Waals surface area contributed by atoms with Crippen LogP contribution < -0.4 is 5.32 Å². The van der Waals surface area contributed by atoms with Crippen molar-refractivity contribution in [2.45, 2.75) is 27.7 Å². The molecule has 0 fully saturated rings. The lowest BCUT2D eigenvalue weighted by Crippen LogP contribution is -2.09. The average molecular weight is 273 g/mol. The van der Waals surface area contributed by atoms with Gasteiger partial charge in [-0.2, -0.15) is 10.2 Å². The van der Waals surface area contributed by atoms with Crippen molar-refractivity contribution in [3.8, 4) is 0 Å². The summed E-state index contributed by atoms with van der Waals surface area (Å²) in [7, 11) is 1.89. The minimum absolute atomic E-state index is 0.180. The van der Waals surface area contributed by atoms with Crippen molar-refractivity contribution in [2.75, 3.05) is 5.32 Å². The van der Waals surface area contributed by atoms with E-state index in [2.05, 4.69) is 20.6 Å². The van der Waals surface area contributed by atoms with Crippen LogP contribution in [-0.2, 0) is 11.8 Å². The number of carbonyl (C=O) groups is 1. The Kier molecular flexibility index (Phi) is 3.74. The summed E-state index contributed by atoms with van der Waals surface area (Å²) in [6.45, 7) is 7.61. The Morgan fingerprint density at radius 3 is 2.45 bits per heavy atom. The van der Waals surface area contributed by atoms with Gasteiger partial charge in [0.2, 0.25) is 5.91 Å². The van der Waals surface area contributed by atoms with Gasteiger partial charge >= 0.3 is 0 Å². The number of anilines is 1. The maximum absolute atomic E-state index is 12.0. The lowest BCUT2D eigenvalue weighted by molar-refractivity contribution is -0.111. The number of aryl methyl sites for hydroxylation is 4. The summed E-state index contributed by atoms with van der Waals surface area (Å²) in [5, 5.41) is 14.0. The smallest absolute Gasteiger partial charge is 0.248 e. The van der Waals surface area contributed by atoms with Crippen molar-refractivity contribution in [1.29, 1.82) is 0 Å². The Morgan fingerprint density at radius 2 is 1.95 bits per heavy atom. The molecule has 0 atom stereocenters. The van der Waals surface area contributed by atoms with E-state index in [4.69, 9.17) is 0 Å². The summed E-state index contributed by atoms with van der Waals surface area (Å²) in [4.78, 5) is 12.0. The van der Waals surface area contributed by atoms with Gasteiger partial charge in [-0.05, 0) is 33.8 Å². The molecule has 2 aromatic heterocycles. The van der Waals surface area contributed by atoms with E-state index in [1.54, 1.807) is 10.8 Å². The summed E-state index contributed by atoms with van der Waals surface area (Å²) in [6.07, 6.45) is 3.31. The molecule has 6 heteroatoms. The van der Waals surface area contributed by atoms with Crippen molar-refractivity contribution in [2.24, 2.45) is 7.05 Å². The number of amides is 1. The van der Waals surface area contributed by atoms with E-state index in [1.165, 1.54) is 6.08 Å². The van der Waals surface area contributed by atoms with Crippen molar-refractivity contribution >= 4 is 17.7 Å². The van der Waals surface area contributed by atoms with Gasteiger partial charge in [0.05, 0.1) is 22.8 Å². The fraction of sp³-hybridized carbons (Fsp3) is 0.357. The van der Waals surface area contributed by atoms with Gasteiger partial charge in [-0.3, -0.25) is 14.6 Å². The van der Waals surface area contributed by atoms with Gasteiger partial charge in [0.25, 0.3) is 0 Å². The molecule has 0 aliphatic heterocycles. The van der Waals surface area contributed by atoms with Gasteiger partial charge in [-0.1, -0.05) is 0 Å². The third-order valence-corrected chi connectivity index (χ3v) is 3.34. The molecule has 0 aromatic carbocycles. The van der Waals surface area contributed by atoms with E-state index in [0.29, 0.717) is 0 Å². The van der Waals surface area contributed by atoms with Crippen LogP contribution in [0.1, 0.15) is 28.3 Å². The number of aromatic amines is 1. The predicted octanol–water partition coefficient (Wildman–Crippen LogP) is 2.03. The van der Waals surface area contributed by atoms with Crippen LogP contribution in [0.2, 0.25) is 0 Å². The molecule has 0 unspecified atom stereocenters. The first-order valence-corrected chi connectivity index (χ1v) is 6.41. The van der Waals surface area contributed by atoms with Crippen molar-refractivity contribution in [3.63, 3.8) is 0 Å². The molecule has 0 aliphatic carbocycles. The number of aromatic nitrogens is 4. The van der Waals surface area contributed by atoms with E-state index in [0.717, 1.165) is 34.0 Å². The summed E-state index contributed by atoms with van der Waals surface area (Å²) >= 11 is 0. The molecule has 106 valence electrons. The van der Waals surface area contributed by atoms with Crippen LogP contribution in [0.4, 0.5) is 5.69 Å². The molecule has 0 saturated carbocycles. The van der Waals surface area contributed by atoms with E-state index in [9.17, 15) is 4.79 Å². The molecule has 0 bridgehead atoms. The Hall–Kier alpha value is -2.37. The molecule has 2 N–H and O–H groups in total. The number of hydrogen-bond acceptors (Lipinski definition) is 3. The molecular weight excluding hydrogens is 254 g/mol. The van der Waals surface area contributed by atoms with Crippen molar-refractivity contribution in [1.82, 2.24) is 20.0 Å². The summed E-state index contributed by atoms with van der Waals surface area (Å²) in [5.41, 5.74) is 5.27. The number of rotatable bonds is 3. The number of nitrogens with zero attached hydrogens (tertiary/aromatic N) is 3. The third-order valence-electron chi connectivity index (χ3n) is 3.34. The van der Waals surface area contributed by atoms with Crippen LogP contribution >= 0.6 is 0 Å². The van der Waals surface area contributed by atoms with Gasteiger partial charge in [0, 0.05) is 24.4 Å². The largest absolute Gasteiger partial charge is 0.319 e. The predicted molar refractivity (Wildman–Crippen MR) is 78.4 cm³/mol. The molecule has 2 heterocycles. The van der Waals surface area contributed by atoms with E-state index in [1.807, 2.05) is 34.7 Å². The number of H-pyrrole nitrogens is 1. The summed E-state index contributed by atoms with van der Waals surface area (Å²) < 4.78 is 1.80. The van der Waals surface area contributed by atoms with E-state index >= 15 is 0 Å². The van der Waals surface area contributed by atoms with Crippen LogP contribution in [-0.4, -0.2) is 25.9 Å². The molecule has 0 radical (unpaired) electrons.